The third-order valence-electron chi connectivity index (χ3n) is 9.34. The molecule has 54 heavy (non-hydrogen) atoms. The van der Waals surface area contributed by atoms with Crippen LogP contribution in [0.25, 0.3) is 11.2 Å². The van der Waals surface area contributed by atoms with Crippen LogP contribution in [0.5, 0.6) is 11.5 Å². The standard InChI is InChI=1S/C36H33F2N7O9/c1-51-23-11-7-21(8-12-23)35(22-9-13-24(52-2)14-10-22,20-5-3-19(4-6-20)32(50)54-45-26(47)15-16-27(45)48)43-30-28-31(42-34(39)41-30)44(18-40-28)33-36(37,38)29(49)25(17-46)53-33/h3-14,18,25,29,33,46,49H,15-17H2,1-2H3,(H3,39,41,42,43)/t25-,29-,33-/m1/s1. The first-order chi connectivity index (χ1) is 25.9. The van der Waals surface area contributed by atoms with Crippen LogP contribution >= 0.6 is 0 Å². The Kier molecular flexibility index (Phi) is 9.34. The number of aliphatic hydroxyl groups is 2. The Bertz CT molecular complexity index is 2150. The van der Waals surface area contributed by atoms with Crippen molar-refractivity contribution in [3.8, 4) is 11.5 Å². The van der Waals surface area contributed by atoms with Crippen LogP contribution in [-0.2, 0) is 24.7 Å². The van der Waals surface area contributed by atoms with Gasteiger partial charge in [0.25, 0.3) is 11.8 Å². The van der Waals surface area contributed by atoms with Crippen molar-refractivity contribution >= 4 is 40.7 Å². The van der Waals surface area contributed by atoms with Crippen LogP contribution in [0, 0.1) is 0 Å². The second kappa shape index (κ2) is 14.0. The Hall–Kier alpha value is -6.24. The predicted molar refractivity (Wildman–Crippen MR) is 184 cm³/mol. The average Bonchev–Trinajstić information content (AvgIpc) is 3.82. The zero-order chi connectivity index (χ0) is 38.4. The molecular weight excluding hydrogens is 712 g/mol. The van der Waals surface area contributed by atoms with Gasteiger partial charge in [0.15, 0.2) is 23.1 Å². The lowest BCUT2D eigenvalue weighted by atomic mass is 9.76. The Morgan fingerprint density at radius 2 is 1.48 bits per heavy atom. The maximum atomic E-state index is 15.3. The number of anilines is 2. The van der Waals surface area contributed by atoms with Gasteiger partial charge in [-0.05, 0) is 53.1 Å². The van der Waals surface area contributed by atoms with Gasteiger partial charge in [-0.3, -0.25) is 14.2 Å². The summed E-state index contributed by atoms with van der Waals surface area (Å²) in [5, 5.41) is 23.7. The van der Waals surface area contributed by atoms with Crippen LogP contribution in [0.15, 0.2) is 79.1 Å². The number of imide groups is 1. The molecule has 280 valence electrons. The Labute approximate surface area is 305 Å². The first kappa shape index (κ1) is 36.1. The normalized spacial score (nSPS) is 19.7. The molecule has 2 aliphatic rings. The van der Waals surface area contributed by atoms with Crippen LogP contribution in [0.2, 0.25) is 0 Å². The van der Waals surface area contributed by atoms with Crippen LogP contribution < -0.4 is 20.5 Å². The molecule has 2 fully saturated rings. The number of hydroxylamine groups is 2. The zero-order valence-electron chi connectivity index (χ0n) is 28.7. The van der Waals surface area contributed by atoms with Gasteiger partial charge < -0.3 is 40.3 Å². The predicted octanol–water partition coefficient (Wildman–Crippen LogP) is 2.94. The Morgan fingerprint density at radius 3 is 1.98 bits per heavy atom. The van der Waals surface area contributed by atoms with E-state index in [1.54, 1.807) is 60.7 Å². The molecule has 3 atom stereocenters. The SMILES string of the molecule is COc1ccc(C(Nc2nc(N)nc3c2ncn3[C@@H]2O[C@H](CO)[C@@H](O)C2(F)F)(c2ccc(OC)cc2)c2ccc(C(=O)ON3C(=O)CCC3=O)cc2)cc1. The number of benzene rings is 3. The summed E-state index contributed by atoms with van der Waals surface area (Å²) >= 11 is 0. The minimum atomic E-state index is -3.84. The molecule has 0 radical (unpaired) electrons. The topological polar surface area (TPSA) is 213 Å². The van der Waals surface area contributed by atoms with E-state index in [-0.39, 0.29) is 41.3 Å². The number of hydrogen-bond acceptors (Lipinski definition) is 14. The number of fused-ring (bicyclic) bond motifs is 1. The monoisotopic (exact) mass is 745 g/mol. The zero-order valence-corrected chi connectivity index (χ0v) is 28.7. The maximum Gasteiger partial charge on any atom is 0.363 e. The van der Waals surface area contributed by atoms with Gasteiger partial charge in [-0.15, -0.1) is 5.06 Å². The minimum absolute atomic E-state index is 0.00185. The third-order valence-corrected chi connectivity index (χ3v) is 9.34. The fraction of sp³-hybridized carbons (Fsp3) is 0.278. The van der Waals surface area contributed by atoms with E-state index in [9.17, 15) is 24.6 Å². The molecule has 18 heteroatoms. The highest BCUT2D eigenvalue weighted by Gasteiger charge is 2.59. The second-order valence-corrected chi connectivity index (χ2v) is 12.5. The maximum absolute atomic E-state index is 15.3. The lowest BCUT2D eigenvalue weighted by molar-refractivity contribution is -0.172. The Balaban J connectivity index is 1.39. The van der Waals surface area contributed by atoms with Gasteiger partial charge in [0.1, 0.15) is 23.1 Å². The summed E-state index contributed by atoms with van der Waals surface area (Å²) in [5.74, 6) is -5.28. The Morgan fingerprint density at radius 1 is 0.944 bits per heavy atom. The number of aromatic nitrogens is 4. The van der Waals surface area contributed by atoms with E-state index in [0.29, 0.717) is 33.3 Å². The van der Waals surface area contributed by atoms with Crippen LogP contribution in [-0.4, -0.2) is 91.5 Å². The van der Waals surface area contributed by atoms with Gasteiger partial charge in [-0.1, -0.05) is 36.4 Å². The van der Waals surface area contributed by atoms with E-state index in [1.165, 1.54) is 26.4 Å². The quantitative estimate of drug-likeness (QED) is 0.113. The van der Waals surface area contributed by atoms with E-state index in [2.05, 4.69) is 20.3 Å². The van der Waals surface area contributed by atoms with E-state index >= 15 is 8.78 Å². The fourth-order valence-electron chi connectivity index (χ4n) is 6.54. The average molecular weight is 746 g/mol. The molecule has 2 aromatic heterocycles. The molecule has 5 aromatic rings. The molecule has 7 rings (SSSR count). The third kappa shape index (κ3) is 6.08. The van der Waals surface area contributed by atoms with E-state index in [4.69, 9.17) is 24.8 Å². The van der Waals surface area contributed by atoms with Gasteiger partial charge in [-0.2, -0.15) is 18.7 Å². The summed E-state index contributed by atoms with van der Waals surface area (Å²) in [6, 6.07) is 20.2. The number of ether oxygens (including phenoxy) is 3. The largest absolute Gasteiger partial charge is 0.497 e. The number of methoxy groups -OCH3 is 2. The number of amides is 2. The summed E-state index contributed by atoms with van der Waals surface area (Å²) in [7, 11) is 3.03. The van der Waals surface area contributed by atoms with Crippen molar-refractivity contribution in [2.75, 3.05) is 31.9 Å². The molecule has 2 saturated heterocycles. The molecule has 0 aliphatic carbocycles. The molecule has 0 saturated carbocycles. The number of carbonyl (C=O) groups excluding carboxylic acids is 3. The summed E-state index contributed by atoms with van der Waals surface area (Å²) in [6.07, 6.45) is -5.06. The van der Waals surface area contributed by atoms with Crippen molar-refractivity contribution in [1.82, 2.24) is 24.6 Å². The van der Waals surface area contributed by atoms with Gasteiger partial charge in [0.05, 0.1) is 32.7 Å². The van der Waals surface area contributed by atoms with Crippen LogP contribution in [0.4, 0.5) is 20.5 Å². The van der Waals surface area contributed by atoms with Crippen molar-refractivity contribution in [2.24, 2.45) is 0 Å². The molecule has 3 aromatic carbocycles. The number of hydrogen-bond donors (Lipinski definition) is 4. The molecule has 4 heterocycles. The number of nitrogens with one attached hydrogen (secondary N) is 1. The molecule has 5 N–H and O–H groups in total. The number of halogens is 2. The van der Waals surface area contributed by atoms with Crippen molar-refractivity contribution in [2.45, 2.75) is 42.7 Å². The molecule has 2 amide bonds. The first-order valence-electron chi connectivity index (χ1n) is 16.5. The number of aliphatic hydroxyl groups excluding tert-OH is 2. The molecule has 2 aliphatic heterocycles. The molecule has 0 unspecified atom stereocenters. The molecule has 0 spiro atoms. The van der Waals surface area contributed by atoms with Crippen molar-refractivity contribution in [1.29, 1.82) is 0 Å². The van der Waals surface area contributed by atoms with Gasteiger partial charge in [0, 0.05) is 12.8 Å². The first-order valence-corrected chi connectivity index (χ1v) is 16.5. The number of nitrogens with two attached hydrogens (primary N) is 1. The van der Waals surface area contributed by atoms with Crippen molar-refractivity contribution in [3.05, 3.63) is 101 Å². The van der Waals surface area contributed by atoms with Crippen molar-refractivity contribution < 1.29 is 52.4 Å². The van der Waals surface area contributed by atoms with Gasteiger partial charge in [0.2, 0.25) is 12.2 Å². The smallest absolute Gasteiger partial charge is 0.363 e. The van der Waals surface area contributed by atoms with Crippen molar-refractivity contribution in [3.63, 3.8) is 0 Å². The number of nitrogens with zero attached hydrogens (tertiary/aromatic N) is 5. The van der Waals surface area contributed by atoms with E-state index in [1.807, 2.05) is 0 Å². The number of rotatable bonds is 11. The highest BCUT2D eigenvalue weighted by Crippen LogP contribution is 2.45. The summed E-state index contributed by atoms with van der Waals surface area (Å²) < 4.78 is 47.7. The number of imidazole rings is 1. The molecule has 16 nitrogen and oxygen atoms in total. The van der Waals surface area contributed by atoms with Gasteiger partial charge in [-0.25, -0.2) is 9.78 Å². The summed E-state index contributed by atoms with van der Waals surface area (Å²) in [4.78, 5) is 55.4. The van der Waals surface area contributed by atoms with Gasteiger partial charge >= 0.3 is 11.9 Å². The lowest BCUT2D eigenvalue weighted by Crippen LogP contribution is -2.39. The lowest BCUT2D eigenvalue weighted by Gasteiger charge is -2.37. The highest BCUT2D eigenvalue weighted by atomic mass is 19.3. The summed E-state index contributed by atoms with van der Waals surface area (Å²) in [5.41, 5.74) is 6.33. The van der Waals surface area contributed by atoms with E-state index in [0.717, 1.165) is 10.9 Å². The van der Waals surface area contributed by atoms with Crippen LogP contribution in [0.3, 0.4) is 0 Å². The molecular formula is C36H33F2N7O9. The van der Waals surface area contributed by atoms with Crippen LogP contribution in [0.1, 0.15) is 46.1 Å². The number of carbonyl (C=O) groups is 3. The summed E-state index contributed by atoms with van der Waals surface area (Å²) in [6.45, 7) is -0.860. The second-order valence-electron chi connectivity index (χ2n) is 12.5. The molecule has 0 bridgehead atoms. The minimum Gasteiger partial charge on any atom is -0.497 e. The van der Waals surface area contributed by atoms with E-state index < -0.39 is 54.3 Å². The highest BCUT2D eigenvalue weighted by molar-refractivity contribution is 6.02. The number of alkyl halides is 2. The number of nitrogen functional groups attached to an aromatic ring is 1. The fourth-order valence-corrected chi connectivity index (χ4v) is 6.54.